The van der Waals surface area contributed by atoms with Crippen LogP contribution < -0.4 is 10.9 Å². The molecule has 2 heterocycles. The van der Waals surface area contributed by atoms with Gasteiger partial charge in [0, 0.05) is 22.7 Å². The molecule has 6 nitrogen and oxygen atoms in total. The number of anilines is 1. The molecule has 0 saturated heterocycles. The number of carbonyl (C=O) groups is 2. The maximum absolute atomic E-state index is 13.3. The molecular weight excluding hydrogens is 430 g/mol. The van der Waals surface area contributed by atoms with Crippen LogP contribution in [0.15, 0.2) is 34.2 Å². The third-order valence-corrected chi connectivity index (χ3v) is 7.70. The second kappa shape index (κ2) is 8.96. The smallest absolute Gasteiger partial charge is 0.263 e. The Morgan fingerprint density at radius 2 is 2.13 bits per heavy atom. The molecule has 1 aliphatic rings. The first-order chi connectivity index (χ1) is 14.9. The minimum absolute atomic E-state index is 0.00974. The van der Waals surface area contributed by atoms with E-state index in [-0.39, 0.29) is 17.2 Å². The Hall–Kier alpha value is -2.45. The number of amides is 1. The van der Waals surface area contributed by atoms with Crippen molar-refractivity contribution in [2.75, 3.05) is 5.32 Å². The molecular formula is C23H25N3O3S2. The van der Waals surface area contributed by atoms with Gasteiger partial charge in [-0.2, -0.15) is 0 Å². The fraction of sp³-hybridized carbons (Fsp3) is 0.391. The monoisotopic (exact) mass is 455 g/mol. The molecule has 1 aliphatic carbocycles. The summed E-state index contributed by atoms with van der Waals surface area (Å²) in [6.07, 6.45) is 3.88. The number of thioether (sulfide) groups is 1. The summed E-state index contributed by atoms with van der Waals surface area (Å²) in [7, 11) is 0. The summed E-state index contributed by atoms with van der Waals surface area (Å²) in [4.78, 5) is 44.5. The van der Waals surface area contributed by atoms with E-state index in [9.17, 15) is 14.4 Å². The van der Waals surface area contributed by atoms with Gasteiger partial charge in [-0.05, 0) is 57.2 Å². The molecule has 0 fully saturated rings. The number of carbonyl (C=O) groups excluding carboxylic acids is 2. The molecule has 1 N–H and O–H groups in total. The Kier molecular flexibility index (Phi) is 6.29. The molecule has 1 unspecified atom stereocenters. The van der Waals surface area contributed by atoms with Crippen LogP contribution in [0.2, 0.25) is 0 Å². The summed E-state index contributed by atoms with van der Waals surface area (Å²) in [5, 5.41) is 3.76. The maximum Gasteiger partial charge on any atom is 0.263 e. The van der Waals surface area contributed by atoms with Crippen LogP contribution in [0.4, 0.5) is 5.69 Å². The fourth-order valence-corrected chi connectivity index (χ4v) is 6.08. The van der Waals surface area contributed by atoms with E-state index >= 15 is 0 Å². The second-order valence-electron chi connectivity index (χ2n) is 7.77. The molecule has 0 radical (unpaired) electrons. The van der Waals surface area contributed by atoms with E-state index in [4.69, 9.17) is 4.98 Å². The van der Waals surface area contributed by atoms with Crippen molar-refractivity contribution in [2.24, 2.45) is 0 Å². The highest BCUT2D eigenvalue weighted by Crippen LogP contribution is 2.36. The Morgan fingerprint density at radius 3 is 2.87 bits per heavy atom. The van der Waals surface area contributed by atoms with Gasteiger partial charge in [0.15, 0.2) is 10.9 Å². The number of benzene rings is 1. The van der Waals surface area contributed by atoms with Crippen molar-refractivity contribution in [3.63, 3.8) is 0 Å². The minimum atomic E-state index is -0.458. The number of aryl methyl sites for hydroxylation is 2. The van der Waals surface area contributed by atoms with E-state index in [1.54, 1.807) is 47.1 Å². The van der Waals surface area contributed by atoms with Crippen LogP contribution in [0.25, 0.3) is 10.2 Å². The number of rotatable bonds is 7. The number of nitrogens with one attached hydrogen (secondary N) is 1. The molecule has 0 saturated carbocycles. The van der Waals surface area contributed by atoms with Gasteiger partial charge in [0.1, 0.15) is 4.83 Å². The Morgan fingerprint density at radius 1 is 1.32 bits per heavy atom. The van der Waals surface area contributed by atoms with E-state index in [1.807, 2.05) is 6.92 Å². The summed E-state index contributed by atoms with van der Waals surface area (Å²) in [5.41, 5.74) is 2.31. The third-order valence-electron chi connectivity index (χ3n) is 5.43. The van der Waals surface area contributed by atoms with Gasteiger partial charge in [0.25, 0.3) is 5.56 Å². The summed E-state index contributed by atoms with van der Waals surface area (Å²) < 4.78 is 1.72. The number of ketones is 1. The second-order valence-corrected chi connectivity index (χ2v) is 10.2. The van der Waals surface area contributed by atoms with E-state index in [1.165, 1.54) is 29.1 Å². The molecule has 2 aromatic heterocycles. The summed E-state index contributed by atoms with van der Waals surface area (Å²) in [6.45, 7) is 5.90. The van der Waals surface area contributed by atoms with Gasteiger partial charge in [-0.3, -0.25) is 19.0 Å². The lowest BCUT2D eigenvalue weighted by Gasteiger charge is -2.15. The van der Waals surface area contributed by atoms with Gasteiger partial charge < -0.3 is 5.32 Å². The minimum Gasteiger partial charge on any atom is -0.325 e. The van der Waals surface area contributed by atoms with Crippen molar-refractivity contribution in [1.82, 2.24) is 9.55 Å². The van der Waals surface area contributed by atoms with Gasteiger partial charge >= 0.3 is 0 Å². The molecule has 3 aromatic rings. The van der Waals surface area contributed by atoms with Crippen LogP contribution in [0.1, 0.15) is 54.4 Å². The molecule has 1 amide bonds. The highest BCUT2D eigenvalue weighted by molar-refractivity contribution is 8.00. The van der Waals surface area contributed by atoms with Crippen LogP contribution in [-0.4, -0.2) is 26.5 Å². The molecule has 0 aliphatic heterocycles. The van der Waals surface area contributed by atoms with Crippen molar-refractivity contribution in [3.05, 3.63) is 50.6 Å². The first-order valence-corrected chi connectivity index (χ1v) is 12.2. The highest BCUT2D eigenvalue weighted by atomic mass is 32.2. The van der Waals surface area contributed by atoms with Crippen LogP contribution in [0.5, 0.6) is 0 Å². The number of thiophene rings is 1. The molecule has 1 atom stereocenters. The van der Waals surface area contributed by atoms with Crippen molar-refractivity contribution >= 4 is 50.7 Å². The SMILES string of the molecule is CCCn1c(SC(C)C(=O)Nc2cccc(C(C)=O)c2)nc2sc3c(c2c1=O)CCC3. The quantitative estimate of drug-likeness (QED) is 0.318. The number of nitrogens with zero attached hydrogens (tertiary/aromatic N) is 2. The van der Waals surface area contributed by atoms with Crippen LogP contribution in [0.3, 0.4) is 0 Å². The lowest BCUT2D eigenvalue weighted by Crippen LogP contribution is -2.27. The Labute approximate surface area is 189 Å². The predicted molar refractivity (Wildman–Crippen MR) is 127 cm³/mol. The van der Waals surface area contributed by atoms with Gasteiger partial charge in [0.05, 0.1) is 10.6 Å². The Balaban J connectivity index is 1.60. The number of hydrogen-bond donors (Lipinski definition) is 1. The zero-order valence-corrected chi connectivity index (χ0v) is 19.5. The fourth-order valence-electron chi connectivity index (χ4n) is 3.84. The number of hydrogen-bond acceptors (Lipinski definition) is 6. The number of Topliss-reactive ketones (excluding diaryl/α,β-unsaturated/α-hetero) is 1. The lowest BCUT2D eigenvalue weighted by molar-refractivity contribution is -0.115. The number of fused-ring (bicyclic) bond motifs is 3. The van der Waals surface area contributed by atoms with Gasteiger partial charge in [-0.1, -0.05) is 30.8 Å². The molecule has 0 spiro atoms. The lowest BCUT2D eigenvalue weighted by atomic mass is 10.1. The highest BCUT2D eigenvalue weighted by Gasteiger charge is 2.25. The van der Waals surface area contributed by atoms with Crippen molar-refractivity contribution in [3.8, 4) is 0 Å². The molecule has 0 bridgehead atoms. The first-order valence-electron chi connectivity index (χ1n) is 10.5. The van der Waals surface area contributed by atoms with Crippen molar-refractivity contribution in [2.45, 2.75) is 63.4 Å². The average molecular weight is 456 g/mol. The van der Waals surface area contributed by atoms with Crippen molar-refractivity contribution in [1.29, 1.82) is 0 Å². The van der Waals surface area contributed by atoms with E-state index in [0.717, 1.165) is 35.9 Å². The van der Waals surface area contributed by atoms with E-state index in [2.05, 4.69) is 5.32 Å². The van der Waals surface area contributed by atoms with E-state index < -0.39 is 5.25 Å². The van der Waals surface area contributed by atoms with E-state index in [0.29, 0.717) is 23.0 Å². The van der Waals surface area contributed by atoms with Crippen LogP contribution >= 0.6 is 23.1 Å². The maximum atomic E-state index is 13.3. The molecule has 1 aromatic carbocycles. The largest absolute Gasteiger partial charge is 0.325 e. The van der Waals surface area contributed by atoms with Gasteiger partial charge in [-0.25, -0.2) is 4.98 Å². The van der Waals surface area contributed by atoms with Crippen LogP contribution in [-0.2, 0) is 24.2 Å². The molecule has 162 valence electrons. The van der Waals surface area contributed by atoms with Crippen LogP contribution in [0, 0.1) is 0 Å². The summed E-state index contributed by atoms with van der Waals surface area (Å²) >= 11 is 2.91. The Bertz CT molecular complexity index is 1230. The molecule has 31 heavy (non-hydrogen) atoms. The summed E-state index contributed by atoms with van der Waals surface area (Å²) in [6, 6.07) is 6.89. The predicted octanol–water partition coefficient (Wildman–Crippen LogP) is 4.68. The number of aromatic nitrogens is 2. The van der Waals surface area contributed by atoms with Crippen molar-refractivity contribution < 1.29 is 9.59 Å². The topological polar surface area (TPSA) is 81.1 Å². The normalized spacial score (nSPS) is 13.9. The third kappa shape index (κ3) is 4.32. The zero-order chi connectivity index (χ0) is 22.1. The zero-order valence-electron chi connectivity index (χ0n) is 17.9. The van der Waals surface area contributed by atoms with Gasteiger partial charge in [0.2, 0.25) is 5.91 Å². The average Bonchev–Trinajstić information content (AvgIpc) is 3.31. The summed E-state index contributed by atoms with van der Waals surface area (Å²) in [5.74, 6) is -0.251. The molecule has 4 rings (SSSR count). The standard InChI is InChI=1S/C23H25N3O3S2/c1-4-11-26-22(29)19-17-9-6-10-18(17)31-21(19)25-23(26)30-14(3)20(28)24-16-8-5-7-15(12-16)13(2)27/h5,7-8,12,14H,4,6,9-11H2,1-3H3,(H,24,28). The first kappa shape index (κ1) is 21.8. The van der Waals surface area contributed by atoms with Gasteiger partial charge in [-0.15, -0.1) is 11.3 Å². The molecule has 8 heteroatoms.